The maximum atomic E-state index is 2.56. The van der Waals surface area contributed by atoms with Gasteiger partial charge in [0, 0.05) is 0 Å². The van der Waals surface area contributed by atoms with Crippen LogP contribution in [0.4, 0.5) is 0 Å². The highest BCUT2D eigenvalue weighted by atomic mass is 28.2. The molecule has 0 aromatic heterocycles. The van der Waals surface area contributed by atoms with Crippen LogP contribution in [0.25, 0.3) is 0 Å². The van der Waals surface area contributed by atoms with E-state index < -0.39 is 0 Å². The van der Waals surface area contributed by atoms with E-state index in [4.69, 9.17) is 0 Å². The van der Waals surface area contributed by atoms with Gasteiger partial charge in [-0.15, -0.1) is 0 Å². The Hall–Kier alpha value is -0.563. The quantitative estimate of drug-likeness (QED) is 0.701. The number of hydrogen-bond donors (Lipinski definition) is 0. The lowest BCUT2D eigenvalue weighted by molar-refractivity contribution is 0.293. The van der Waals surface area contributed by atoms with Crippen molar-refractivity contribution in [2.75, 3.05) is 0 Å². The Morgan fingerprint density at radius 2 is 2.00 bits per heavy atom. The minimum atomic E-state index is -0.151. The summed E-state index contributed by atoms with van der Waals surface area (Å²) in [5.74, 6) is 0.933. The predicted octanol–water partition coefficient (Wildman–Crippen LogP) is 3.49. The number of aryl methyl sites for hydroxylation is 2. The van der Waals surface area contributed by atoms with Gasteiger partial charge in [0.05, 0.1) is 9.52 Å². The Morgan fingerprint density at radius 1 is 1.24 bits per heavy atom. The molecule has 17 heavy (non-hydrogen) atoms. The molecule has 2 unspecified atom stereocenters. The summed E-state index contributed by atoms with van der Waals surface area (Å²) in [5.41, 5.74) is 2.96. The van der Waals surface area contributed by atoms with Gasteiger partial charge in [0.2, 0.25) is 0 Å². The Morgan fingerprint density at radius 3 is 2.71 bits per heavy atom. The summed E-state index contributed by atoms with van der Waals surface area (Å²) in [5, 5.41) is 2.37. The molecular weight excluding hydrogens is 220 g/mol. The molecule has 0 radical (unpaired) electrons. The van der Waals surface area contributed by atoms with Crippen molar-refractivity contribution < 1.29 is 0 Å². The van der Waals surface area contributed by atoms with E-state index in [0.717, 1.165) is 5.92 Å². The molecule has 0 spiro atoms. The van der Waals surface area contributed by atoms with Gasteiger partial charge in [-0.2, -0.15) is 0 Å². The second-order valence-corrected chi connectivity index (χ2v) is 9.14. The molecular formula is C16H26Si. The molecule has 1 fully saturated rings. The summed E-state index contributed by atoms with van der Waals surface area (Å²) in [6.07, 6.45) is 5.83. The SMILES string of the molecule is Cc1ccc(C)c([SiH2]C2(C)CCCCC2C)c1. The first kappa shape index (κ1) is 12.9. The van der Waals surface area contributed by atoms with Crippen molar-refractivity contribution >= 4 is 14.7 Å². The molecule has 1 saturated carbocycles. The lowest BCUT2D eigenvalue weighted by Crippen LogP contribution is -2.36. The van der Waals surface area contributed by atoms with Crippen LogP contribution in [0.15, 0.2) is 18.2 Å². The standard InChI is InChI=1S/C16H26Si/c1-12-8-9-13(2)15(11-12)17-16(4)10-6-5-7-14(16)3/h8-9,11,14H,5-7,10,17H2,1-4H3. The van der Waals surface area contributed by atoms with Gasteiger partial charge in [0.1, 0.15) is 0 Å². The van der Waals surface area contributed by atoms with Crippen molar-refractivity contribution in [3.63, 3.8) is 0 Å². The van der Waals surface area contributed by atoms with E-state index in [-0.39, 0.29) is 9.52 Å². The second-order valence-electron chi connectivity index (χ2n) is 6.41. The first-order valence-corrected chi connectivity index (χ1v) is 8.49. The molecule has 0 saturated heterocycles. The van der Waals surface area contributed by atoms with Gasteiger partial charge in [-0.1, -0.05) is 74.0 Å². The van der Waals surface area contributed by atoms with E-state index in [0.29, 0.717) is 5.04 Å². The Balaban J connectivity index is 2.21. The van der Waals surface area contributed by atoms with Gasteiger partial charge in [-0.05, 0) is 24.8 Å². The van der Waals surface area contributed by atoms with Crippen LogP contribution in [-0.2, 0) is 0 Å². The normalized spacial score (nSPS) is 30.0. The molecule has 0 aliphatic heterocycles. The Kier molecular flexibility index (Phi) is 3.77. The molecule has 2 rings (SSSR count). The maximum Gasteiger partial charge on any atom is 0.0612 e. The number of benzene rings is 1. The van der Waals surface area contributed by atoms with E-state index in [1.807, 2.05) is 0 Å². The number of rotatable bonds is 2. The van der Waals surface area contributed by atoms with Crippen LogP contribution in [0.2, 0.25) is 5.04 Å². The van der Waals surface area contributed by atoms with E-state index in [2.05, 4.69) is 45.9 Å². The minimum absolute atomic E-state index is 0.151. The zero-order valence-corrected chi connectivity index (χ0v) is 13.3. The van der Waals surface area contributed by atoms with Crippen molar-refractivity contribution in [1.82, 2.24) is 0 Å². The van der Waals surface area contributed by atoms with Crippen molar-refractivity contribution in [2.45, 2.75) is 58.4 Å². The molecule has 1 aliphatic rings. The average Bonchev–Trinajstić information content (AvgIpc) is 2.28. The van der Waals surface area contributed by atoms with Gasteiger partial charge in [0.15, 0.2) is 0 Å². The summed E-state index contributed by atoms with van der Waals surface area (Å²) >= 11 is 0. The molecule has 0 amide bonds. The fourth-order valence-corrected chi connectivity index (χ4v) is 5.93. The minimum Gasteiger partial charge on any atom is -0.0633 e. The van der Waals surface area contributed by atoms with E-state index in [9.17, 15) is 0 Å². The largest absolute Gasteiger partial charge is 0.0633 e. The van der Waals surface area contributed by atoms with Gasteiger partial charge in [-0.3, -0.25) is 0 Å². The van der Waals surface area contributed by atoms with Gasteiger partial charge in [0.25, 0.3) is 0 Å². The molecule has 0 heterocycles. The molecule has 1 heteroatoms. The summed E-state index contributed by atoms with van der Waals surface area (Å²) in [6.45, 7) is 9.56. The molecule has 94 valence electrons. The van der Waals surface area contributed by atoms with Crippen LogP contribution in [0, 0.1) is 19.8 Å². The monoisotopic (exact) mass is 246 g/mol. The molecule has 0 N–H and O–H groups in total. The molecule has 1 aromatic carbocycles. The van der Waals surface area contributed by atoms with Gasteiger partial charge < -0.3 is 0 Å². The molecule has 1 aromatic rings. The summed E-state index contributed by atoms with van der Waals surface area (Å²) in [4.78, 5) is 0. The molecule has 1 aliphatic carbocycles. The summed E-state index contributed by atoms with van der Waals surface area (Å²) in [7, 11) is -0.151. The third-order valence-electron chi connectivity index (χ3n) is 4.92. The van der Waals surface area contributed by atoms with Crippen LogP contribution in [0.5, 0.6) is 0 Å². The third kappa shape index (κ3) is 2.82. The second kappa shape index (κ2) is 4.97. The van der Waals surface area contributed by atoms with Gasteiger partial charge >= 0.3 is 0 Å². The lowest BCUT2D eigenvalue weighted by atomic mass is 9.81. The predicted molar refractivity (Wildman–Crippen MR) is 80.1 cm³/mol. The van der Waals surface area contributed by atoms with Crippen molar-refractivity contribution in [3.8, 4) is 0 Å². The van der Waals surface area contributed by atoms with Crippen molar-refractivity contribution in [1.29, 1.82) is 0 Å². The van der Waals surface area contributed by atoms with Crippen LogP contribution < -0.4 is 5.19 Å². The number of hydrogen-bond acceptors (Lipinski definition) is 0. The van der Waals surface area contributed by atoms with Gasteiger partial charge in [-0.25, -0.2) is 0 Å². The smallest absolute Gasteiger partial charge is 0.0612 e. The van der Waals surface area contributed by atoms with Crippen LogP contribution in [0.1, 0.15) is 50.7 Å². The maximum absolute atomic E-state index is 2.56. The lowest BCUT2D eigenvalue weighted by Gasteiger charge is -2.40. The highest BCUT2D eigenvalue weighted by molar-refractivity contribution is 6.57. The first-order chi connectivity index (χ1) is 8.01. The molecule has 2 atom stereocenters. The average molecular weight is 246 g/mol. The first-order valence-electron chi connectivity index (χ1n) is 7.07. The molecule has 0 bridgehead atoms. The van der Waals surface area contributed by atoms with Crippen LogP contribution >= 0.6 is 0 Å². The van der Waals surface area contributed by atoms with Crippen molar-refractivity contribution in [3.05, 3.63) is 29.3 Å². The van der Waals surface area contributed by atoms with E-state index in [1.54, 1.807) is 5.19 Å². The zero-order chi connectivity index (χ0) is 12.5. The fraction of sp³-hybridized carbons (Fsp3) is 0.625. The molecule has 0 nitrogen and oxygen atoms in total. The highest BCUT2D eigenvalue weighted by Gasteiger charge is 2.34. The topological polar surface area (TPSA) is 0 Å². The van der Waals surface area contributed by atoms with Crippen LogP contribution in [-0.4, -0.2) is 9.52 Å². The zero-order valence-electron chi connectivity index (χ0n) is 11.8. The van der Waals surface area contributed by atoms with E-state index >= 15 is 0 Å². The Labute approximate surface area is 109 Å². The summed E-state index contributed by atoms with van der Waals surface area (Å²) < 4.78 is 0. The van der Waals surface area contributed by atoms with E-state index in [1.165, 1.54) is 36.8 Å². The third-order valence-corrected chi connectivity index (χ3v) is 7.92. The van der Waals surface area contributed by atoms with Crippen LogP contribution in [0.3, 0.4) is 0 Å². The Bertz CT molecular complexity index is 397. The fourth-order valence-electron chi connectivity index (χ4n) is 3.26. The summed E-state index contributed by atoms with van der Waals surface area (Å²) in [6, 6.07) is 7.02. The van der Waals surface area contributed by atoms with Crippen molar-refractivity contribution in [2.24, 2.45) is 5.92 Å². The highest BCUT2D eigenvalue weighted by Crippen LogP contribution is 2.46.